The summed E-state index contributed by atoms with van der Waals surface area (Å²) in [5.74, 6) is 0. The third-order valence-corrected chi connectivity index (χ3v) is 1.80. The second kappa shape index (κ2) is 9.48. The summed E-state index contributed by atoms with van der Waals surface area (Å²) in [7, 11) is 0. The van der Waals surface area contributed by atoms with Gasteiger partial charge in [-0.2, -0.15) is 0 Å². The summed E-state index contributed by atoms with van der Waals surface area (Å²) >= 11 is 0. The van der Waals surface area contributed by atoms with Gasteiger partial charge in [-0.05, 0) is 13.1 Å². The second-order valence-electron chi connectivity index (χ2n) is 2.85. The van der Waals surface area contributed by atoms with Gasteiger partial charge in [-0.3, -0.25) is 4.79 Å². The van der Waals surface area contributed by atoms with Crippen molar-refractivity contribution >= 4 is 6.41 Å². The standard InChI is InChI=1S/C5H10N2O.C4H11N/c8-5-7-3-1-6-2-4-7;1-3-5-4-2/h5-6H,1-4H2;5H,3-4H2,1-2H3. The van der Waals surface area contributed by atoms with Crippen molar-refractivity contribution in [3.8, 4) is 0 Å². The number of hydrogen-bond acceptors (Lipinski definition) is 3. The van der Waals surface area contributed by atoms with E-state index in [1.165, 1.54) is 0 Å². The highest BCUT2D eigenvalue weighted by Crippen LogP contribution is 1.84. The fraction of sp³-hybridized carbons (Fsp3) is 0.889. The number of hydrogen-bond donors (Lipinski definition) is 2. The van der Waals surface area contributed by atoms with E-state index in [2.05, 4.69) is 24.5 Å². The molecule has 0 bridgehead atoms. The molecule has 4 nitrogen and oxygen atoms in total. The van der Waals surface area contributed by atoms with Crippen LogP contribution in [0.3, 0.4) is 0 Å². The minimum absolute atomic E-state index is 0.865. The van der Waals surface area contributed by atoms with Crippen LogP contribution in [0, 0.1) is 0 Å². The van der Waals surface area contributed by atoms with E-state index in [9.17, 15) is 4.79 Å². The molecule has 2 N–H and O–H groups in total. The third kappa shape index (κ3) is 7.74. The minimum Gasteiger partial charge on any atom is -0.343 e. The van der Waals surface area contributed by atoms with E-state index in [0.29, 0.717) is 0 Å². The van der Waals surface area contributed by atoms with Crippen LogP contribution < -0.4 is 10.6 Å². The largest absolute Gasteiger partial charge is 0.343 e. The number of amides is 1. The summed E-state index contributed by atoms with van der Waals surface area (Å²) in [6.45, 7) is 10.0. The Morgan fingerprint density at radius 2 is 1.85 bits per heavy atom. The smallest absolute Gasteiger partial charge is 0.209 e. The average Bonchev–Trinajstić information content (AvgIpc) is 2.21. The average molecular weight is 187 g/mol. The Bertz CT molecular complexity index is 111. The van der Waals surface area contributed by atoms with Crippen molar-refractivity contribution < 1.29 is 4.79 Å². The highest BCUT2D eigenvalue weighted by atomic mass is 16.1. The van der Waals surface area contributed by atoms with Crippen LogP contribution in [-0.4, -0.2) is 50.6 Å². The second-order valence-corrected chi connectivity index (χ2v) is 2.85. The Morgan fingerprint density at radius 3 is 2.08 bits per heavy atom. The lowest BCUT2D eigenvalue weighted by molar-refractivity contribution is -0.118. The molecule has 0 aromatic rings. The molecule has 0 atom stereocenters. The molecule has 0 saturated carbocycles. The van der Waals surface area contributed by atoms with Gasteiger partial charge >= 0.3 is 0 Å². The van der Waals surface area contributed by atoms with Gasteiger partial charge in [-0.15, -0.1) is 0 Å². The summed E-state index contributed by atoms with van der Waals surface area (Å²) in [4.78, 5) is 11.8. The van der Waals surface area contributed by atoms with Crippen LogP contribution in [0.15, 0.2) is 0 Å². The number of carbonyl (C=O) groups is 1. The predicted molar refractivity (Wildman–Crippen MR) is 54.7 cm³/mol. The van der Waals surface area contributed by atoms with Crippen LogP contribution in [0.1, 0.15) is 13.8 Å². The van der Waals surface area contributed by atoms with Crippen LogP contribution in [0.4, 0.5) is 0 Å². The maximum Gasteiger partial charge on any atom is 0.209 e. The van der Waals surface area contributed by atoms with Crippen molar-refractivity contribution in [2.45, 2.75) is 13.8 Å². The molecule has 0 aromatic carbocycles. The van der Waals surface area contributed by atoms with Gasteiger partial charge in [-0.25, -0.2) is 0 Å². The fourth-order valence-corrected chi connectivity index (χ4v) is 1.04. The Kier molecular flexibility index (Phi) is 9.03. The van der Waals surface area contributed by atoms with Crippen LogP contribution in [0.25, 0.3) is 0 Å². The minimum atomic E-state index is 0.865. The summed E-state index contributed by atoms with van der Waals surface area (Å²) in [5, 5.41) is 6.26. The molecule has 4 heteroatoms. The Hall–Kier alpha value is -0.610. The zero-order valence-electron chi connectivity index (χ0n) is 8.68. The molecular formula is C9H21N3O. The monoisotopic (exact) mass is 187 g/mol. The zero-order valence-corrected chi connectivity index (χ0v) is 8.68. The lowest BCUT2D eigenvalue weighted by Crippen LogP contribution is -2.42. The summed E-state index contributed by atoms with van der Waals surface area (Å²) in [5.41, 5.74) is 0. The van der Waals surface area contributed by atoms with Crippen LogP contribution in [0.5, 0.6) is 0 Å². The van der Waals surface area contributed by atoms with Gasteiger partial charge in [0.05, 0.1) is 0 Å². The predicted octanol–water partition coefficient (Wildman–Crippen LogP) is -0.336. The van der Waals surface area contributed by atoms with E-state index >= 15 is 0 Å². The van der Waals surface area contributed by atoms with E-state index in [-0.39, 0.29) is 0 Å². The van der Waals surface area contributed by atoms with Gasteiger partial charge in [0.15, 0.2) is 0 Å². The van der Waals surface area contributed by atoms with E-state index in [1.54, 1.807) is 4.90 Å². The summed E-state index contributed by atoms with van der Waals surface area (Å²) < 4.78 is 0. The van der Waals surface area contributed by atoms with Crippen molar-refractivity contribution in [3.05, 3.63) is 0 Å². The first-order chi connectivity index (χ1) is 6.35. The highest BCUT2D eigenvalue weighted by molar-refractivity contribution is 5.47. The molecule has 1 heterocycles. The number of piperazine rings is 1. The molecule has 0 radical (unpaired) electrons. The molecular weight excluding hydrogens is 166 g/mol. The zero-order chi connectivity index (χ0) is 9.94. The SMILES string of the molecule is CCNCC.O=CN1CCNCC1. The van der Waals surface area contributed by atoms with Gasteiger partial charge in [0.1, 0.15) is 0 Å². The van der Waals surface area contributed by atoms with Crippen molar-refractivity contribution in [1.82, 2.24) is 15.5 Å². The lowest BCUT2D eigenvalue weighted by Gasteiger charge is -2.22. The quantitative estimate of drug-likeness (QED) is 0.594. The third-order valence-electron chi connectivity index (χ3n) is 1.80. The Labute approximate surface area is 80.7 Å². The van der Waals surface area contributed by atoms with Crippen LogP contribution >= 0.6 is 0 Å². The molecule has 1 aliphatic rings. The number of rotatable bonds is 3. The van der Waals surface area contributed by atoms with Crippen molar-refractivity contribution in [2.75, 3.05) is 39.3 Å². The van der Waals surface area contributed by atoms with Gasteiger partial charge in [0.2, 0.25) is 6.41 Å². The molecule has 78 valence electrons. The number of carbonyl (C=O) groups excluding carboxylic acids is 1. The van der Waals surface area contributed by atoms with E-state index in [1.807, 2.05) is 0 Å². The Morgan fingerprint density at radius 1 is 1.31 bits per heavy atom. The first-order valence-electron chi connectivity index (χ1n) is 4.95. The molecule has 1 saturated heterocycles. The van der Waals surface area contributed by atoms with Gasteiger partial charge in [0.25, 0.3) is 0 Å². The van der Waals surface area contributed by atoms with Crippen molar-refractivity contribution in [3.63, 3.8) is 0 Å². The molecule has 0 spiro atoms. The van der Waals surface area contributed by atoms with Gasteiger partial charge in [0, 0.05) is 26.2 Å². The molecule has 1 rings (SSSR count). The van der Waals surface area contributed by atoms with E-state index < -0.39 is 0 Å². The molecule has 1 aliphatic heterocycles. The lowest BCUT2D eigenvalue weighted by atomic mass is 10.4. The maximum absolute atomic E-state index is 10.1. The first-order valence-corrected chi connectivity index (χ1v) is 4.95. The molecule has 1 amide bonds. The maximum atomic E-state index is 10.1. The van der Waals surface area contributed by atoms with E-state index in [0.717, 1.165) is 45.7 Å². The molecule has 0 unspecified atom stereocenters. The van der Waals surface area contributed by atoms with Crippen molar-refractivity contribution in [2.24, 2.45) is 0 Å². The van der Waals surface area contributed by atoms with Gasteiger partial charge in [-0.1, -0.05) is 13.8 Å². The highest BCUT2D eigenvalue weighted by Gasteiger charge is 2.04. The molecule has 13 heavy (non-hydrogen) atoms. The molecule has 0 aliphatic carbocycles. The first kappa shape index (κ1) is 12.4. The summed E-state index contributed by atoms with van der Waals surface area (Å²) in [6.07, 6.45) is 0.904. The van der Waals surface area contributed by atoms with Crippen LogP contribution in [0.2, 0.25) is 0 Å². The number of nitrogens with one attached hydrogen (secondary N) is 2. The summed E-state index contributed by atoms with van der Waals surface area (Å²) in [6, 6.07) is 0. The van der Waals surface area contributed by atoms with Crippen molar-refractivity contribution in [1.29, 1.82) is 0 Å². The topological polar surface area (TPSA) is 44.4 Å². The number of nitrogens with zero attached hydrogens (tertiary/aromatic N) is 1. The normalized spacial score (nSPS) is 16.0. The molecule has 1 fully saturated rings. The molecule has 0 aromatic heterocycles. The fourth-order valence-electron chi connectivity index (χ4n) is 1.04. The van der Waals surface area contributed by atoms with Gasteiger partial charge < -0.3 is 15.5 Å². The van der Waals surface area contributed by atoms with E-state index in [4.69, 9.17) is 0 Å². The van der Waals surface area contributed by atoms with Crippen LogP contribution in [-0.2, 0) is 4.79 Å². The Balaban J connectivity index is 0.000000252.